The van der Waals surface area contributed by atoms with Gasteiger partial charge >= 0.3 is 6.09 Å². The number of sulfonamides is 1. The molecule has 1 fully saturated rings. The lowest BCUT2D eigenvalue weighted by Gasteiger charge is -2.37. The van der Waals surface area contributed by atoms with Crippen LogP contribution in [0.2, 0.25) is 0 Å². The van der Waals surface area contributed by atoms with Crippen LogP contribution >= 0.6 is 0 Å². The number of nitrogens with zero attached hydrogens (tertiary/aromatic N) is 5. The number of rotatable bonds is 8. The number of amides is 1. The highest BCUT2D eigenvalue weighted by atomic mass is 32.2. The second-order valence-corrected chi connectivity index (χ2v) is 10.9. The molecule has 190 valence electrons. The van der Waals surface area contributed by atoms with Gasteiger partial charge in [0.1, 0.15) is 0 Å². The van der Waals surface area contributed by atoms with Crippen molar-refractivity contribution in [3.63, 3.8) is 0 Å². The van der Waals surface area contributed by atoms with E-state index in [9.17, 15) is 18.3 Å². The highest BCUT2D eigenvalue weighted by molar-refractivity contribution is 7.89. The number of carboxylic acid groups (broad SMARTS) is 1. The Kier molecular flexibility index (Phi) is 7.83. The molecule has 10 heteroatoms. The van der Waals surface area contributed by atoms with Crippen LogP contribution in [0.3, 0.4) is 0 Å². The normalized spacial score (nSPS) is 17.1. The summed E-state index contributed by atoms with van der Waals surface area (Å²) in [5.41, 5.74) is 3.63. The van der Waals surface area contributed by atoms with Crippen LogP contribution in [0.25, 0.3) is 0 Å². The zero-order valence-electron chi connectivity index (χ0n) is 20.5. The van der Waals surface area contributed by atoms with Gasteiger partial charge in [-0.25, -0.2) is 13.2 Å². The van der Waals surface area contributed by atoms with E-state index in [1.165, 1.54) is 4.90 Å². The molecule has 1 saturated heterocycles. The summed E-state index contributed by atoms with van der Waals surface area (Å²) in [5.74, 6) is 0.167. The molecule has 1 N–H and O–H groups in total. The third kappa shape index (κ3) is 5.55. The summed E-state index contributed by atoms with van der Waals surface area (Å²) < 4.78 is 27.2. The first-order valence-corrected chi connectivity index (χ1v) is 13.9. The predicted octanol–water partition coefficient (Wildman–Crippen LogP) is 3.12. The van der Waals surface area contributed by atoms with Crippen molar-refractivity contribution in [1.82, 2.24) is 9.21 Å². The molecule has 0 bridgehead atoms. The van der Waals surface area contributed by atoms with Crippen LogP contribution in [0.15, 0.2) is 48.5 Å². The van der Waals surface area contributed by atoms with E-state index in [4.69, 9.17) is 0 Å². The largest absolute Gasteiger partial charge is 0.465 e. The fourth-order valence-corrected chi connectivity index (χ4v) is 6.28. The molecule has 2 aromatic carbocycles. The van der Waals surface area contributed by atoms with Gasteiger partial charge in [-0.05, 0) is 49.5 Å². The lowest BCUT2D eigenvalue weighted by molar-refractivity contribution is 0.201. The Morgan fingerprint density at radius 1 is 0.857 bits per heavy atom. The minimum absolute atomic E-state index is 0.167. The molecule has 9 nitrogen and oxygen atoms in total. The van der Waals surface area contributed by atoms with E-state index in [0.717, 1.165) is 30.2 Å². The van der Waals surface area contributed by atoms with Crippen LogP contribution in [0.1, 0.15) is 13.8 Å². The number of anilines is 4. The highest BCUT2D eigenvalue weighted by Crippen LogP contribution is 2.38. The number of para-hydroxylation sites is 2. The van der Waals surface area contributed by atoms with Crippen molar-refractivity contribution in [3.8, 4) is 0 Å². The van der Waals surface area contributed by atoms with Gasteiger partial charge in [-0.15, -0.1) is 0 Å². The Morgan fingerprint density at radius 3 is 2.06 bits per heavy atom. The smallest absolute Gasteiger partial charge is 0.411 e. The van der Waals surface area contributed by atoms with Gasteiger partial charge in [-0.2, -0.15) is 4.31 Å². The Morgan fingerprint density at radius 2 is 1.46 bits per heavy atom. The molecule has 4 rings (SSSR count). The van der Waals surface area contributed by atoms with E-state index in [-0.39, 0.29) is 5.75 Å². The first-order valence-electron chi connectivity index (χ1n) is 12.3. The molecule has 0 saturated carbocycles. The standard InChI is InChI=1S/C25H35N5O4S/c1-3-26(4-2)19-20-35(33,34)28-15-13-27(14-16-28)21-9-11-22(12-10-21)29-17-18-30(25(31)32)24-8-6-5-7-23(24)29/h5-12H,3-4,13-20H2,1-2H3,(H,31,32). The van der Waals surface area contributed by atoms with Gasteiger partial charge in [0.2, 0.25) is 10.0 Å². The summed E-state index contributed by atoms with van der Waals surface area (Å²) in [7, 11) is -3.25. The Bertz CT molecular complexity index is 1110. The lowest BCUT2D eigenvalue weighted by Crippen LogP contribution is -2.50. The first kappa shape index (κ1) is 25.3. The van der Waals surface area contributed by atoms with E-state index >= 15 is 0 Å². The van der Waals surface area contributed by atoms with Gasteiger partial charge in [-0.1, -0.05) is 26.0 Å². The van der Waals surface area contributed by atoms with Crippen LogP contribution in [0.4, 0.5) is 27.5 Å². The van der Waals surface area contributed by atoms with E-state index in [1.807, 2.05) is 24.3 Å². The molecule has 0 aromatic heterocycles. The molecule has 0 atom stereocenters. The van der Waals surface area contributed by atoms with E-state index < -0.39 is 16.1 Å². The van der Waals surface area contributed by atoms with Gasteiger partial charge in [0.15, 0.2) is 0 Å². The van der Waals surface area contributed by atoms with Gasteiger partial charge in [0, 0.05) is 57.2 Å². The van der Waals surface area contributed by atoms with Crippen LogP contribution < -0.4 is 14.7 Å². The van der Waals surface area contributed by atoms with Crippen molar-refractivity contribution < 1.29 is 18.3 Å². The van der Waals surface area contributed by atoms with Gasteiger partial charge < -0.3 is 19.8 Å². The minimum atomic E-state index is -3.25. The first-order chi connectivity index (χ1) is 16.8. The van der Waals surface area contributed by atoms with Crippen molar-refractivity contribution in [2.75, 3.05) is 79.4 Å². The van der Waals surface area contributed by atoms with Crippen LogP contribution in [-0.2, 0) is 10.0 Å². The molecule has 0 radical (unpaired) electrons. The third-order valence-corrected chi connectivity index (χ3v) is 8.81. The summed E-state index contributed by atoms with van der Waals surface area (Å²) in [4.78, 5) is 19.5. The molecule has 2 aliphatic heterocycles. The van der Waals surface area contributed by atoms with Crippen molar-refractivity contribution in [2.45, 2.75) is 13.8 Å². The van der Waals surface area contributed by atoms with E-state index in [2.05, 4.69) is 52.8 Å². The monoisotopic (exact) mass is 501 g/mol. The molecule has 0 spiro atoms. The van der Waals surface area contributed by atoms with Crippen molar-refractivity contribution in [2.24, 2.45) is 0 Å². The second-order valence-electron chi connectivity index (χ2n) is 8.82. The predicted molar refractivity (Wildman–Crippen MR) is 141 cm³/mol. The summed E-state index contributed by atoms with van der Waals surface area (Å²) in [6, 6.07) is 15.8. The van der Waals surface area contributed by atoms with E-state index in [1.54, 1.807) is 4.31 Å². The number of hydrogen-bond donors (Lipinski definition) is 1. The van der Waals surface area contributed by atoms with Crippen LogP contribution in [0, 0.1) is 0 Å². The topological polar surface area (TPSA) is 87.6 Å². The highest BCUT2D eigenvalue weighted by Gasteiger charge is 2.29. The molecular formula is C25H35N5O4S. The molecule has 0 aliphatic carbocycles. The van der Waals surface area contributed by atoms with Gasteiger partial charge in [0.05, 0.1) is 17.1 Å². The molecule has 2 heterocycles. The zero-order chi connectivity index (χ0) is 25.0. The SMILES string of the molecule is CCN(CC)CCS(=O)(=O)N1CCN(c2ccc(N3CCN(C(=O)O)c4ccccc43)cc2)CC1. The summed E-state index contributed by atoms with van der Waals surface area (Å²) >= 11 is 0. The van der Waals surface area contributed by atoms with Crippen molar-refractivity contribution in [3.05, 3.63) is 48.5 Å². The lowest BCUT2D eigenvalue weighted by atomic mass is 10.1. The Balaban J connectivity index is 1.39. The molecule has 1 amide bonds. The summed E-state index contributed by atoms with van der Waals surface area (Å²) in [6.07, 6.45) is -0.943. The fourth-order valence-electron chi connectivity index (χ4n) is 4.81. The fraction of sp³-hybridized carbons (Fsp3) is 0.480. The number of carbonyl (C=O) groups is 1. The average Bonchev–Trinajstić information content (AvgIpc) is 2.88. The maximum Gasteiger partial charge on any atom is 0.411 e. The molecule has 0 unspecified atom stereocenters. The van der Waals surface area contributed by atoms with E-state index in [0.29, 0.717) is 51.5 Å². The number of benzene rings is 2. The molecule has 35 heavy (non-hydrogen) atoms. The summed E-state index contributed by atoms with van der Waals surface area (Å²) in [6.45, 7) is 9.66. The number of hydrogen-bond acceptors (Lipinski definition) is 6. The van der Waals surface area contributed by atoms with Crippen LogP contribution in [-0.4, -0.2) is 93.5 Å². The number of fused-ring (bicyclic) bond motifs is 1. The Hall–Kier alpha value is -2.82. The maximum atomic E-state index is 12.8. The van der Waals surface area contributed by atoms with Gasteiger partial charge in [-0.3, -0.25) is 4.90 Å². The van der Waals surface area contributed by atoms with Gasteiger partial charge in [0.25, 0.3) is 0 Å². The third-order valence-electron chi connectivity index (χ3n) is 6.96. The van der Waals surface area contributed by atoms with Crippen molar-refractivity contribution in [1.29, 1.82) is 0 Å². The van der Waals surface area contributed by atoms with Crippen molar-refractivity contribution >= 4 is 38.9 Å². The summed E-state index contributed by atoms with van der Waals surface area (Å²) in [5, 5.41) is 9.53. The zero-order valence-corrected chi connectivity index (χ0v) is 21.3. The number of piperazine rings is 1. The minimum Gasteiger partial charge on any atom is -0.465 e. The average molecular weight is 502 g/mol. The van der Waals surface area contributed by atoms with Crippen LogP contribution in [0.5, 0.6) is 0 Å². The molecular weight excluding hydrogens is 466 g/mol. The second kappa shape index (κ2) is 10.8. The quantitative estimate of drug-likeness (QED) is 0.595. The maximum absolute atomic E-state index is 12.8. The molecule has 2 aliphatic rings. The Labute approximate surface area is 208 Å². The molecule has 2 aromatic rings.